The predicted octanol–water partition coefficient (Wildman–Crippen LogP) is -0.226. The number of aromatic nitrogens is 1. The van der Waals surface area contributed by atoms with E-state index in [2.05, 4.69) is 10.0 Å². The fourth-order valence-corrected chi connectivity index (χ4v) is 2.55. The standard InChI is InChI=1S/C12H19N3O5S/c1-8(4-11(16)17)6-14-12(18)10-5-9(7-15(10)3)21(19,20)13-2/h5,7-8,13H,4,6H2,1-3H3,(H,14,18)(H,16,17). The molecule has 0 aromatic carbocycles. The molecular weight excluding hydrogens is 298 g/mol. The third-order valence-electron chi connectivity index (χ3n) is 2.93. The van der Waals surface area contributed by atoms with Gasteiger partial charge < -0.3 is 15.0 Å². The van der Waals surface area contributed by atoms with Crippen molar-refractivity contribution in [1.29, 1.82) is 0 Å². The zero-order valence-corrected chi connectivity index (χ0v) is 12.9. The number of carboxylic acids is 1. The van der Waals surface area contributed by atoms with Crippen LogP contribution in [0.1, 0.15) is 23.8 Å². The molecule has 118 valence electrons. The highest BCUT2D eigenvalue weighted by Crippen LogP contribution is 2.13. The third kappa shape index (κ3) is 4.57. The Morgan fingerprint density at radius 2 is 2.05 bits per heavy atom. The van der Waals surface area contributed by atoms with Crippen molar-refractivity contribution in [2.24, 2.45) is 13.0 Å². The van der Waals surface area contributed by atoms with Crippen LogP contribution in [-0.2, 0) is 21.9 Å². The molecule has 0 spiro atoms. The number of carbonyl (C=O) groups is 2. The van der Waals surface area contributed by atoms with Crippen LogP contribution in [0.5, 0.6) is 0 Å². The molecule has 8 nitrogen and oxygen atoms in total. The van der Waals surface area contributed by atoms with Gasteiger partial charge in [0.25, 0.3) is 5.91 Å². The highest BCUT2D eigenvalue weighted by atomic mass is 32.2. The van der Waals surface area contributed by atoms with Gasteiger partial charge in [-0.15, -0.1) is 0 Å². The number of sulfonamides is 1. The first-order valence-corrected chi connectivity index (χ1v) is 7.75. The Hall–Kier alpha value is -1.87. The molecule has 0 saturated heterocycles. The van der Waals surface area contributed by atoms with E-state index in [1.807, 2.05) is 0 Å². The summed E-state index contributed by atoms with van der Waals surface area (Å²) in [6.07, 6.45) is 1.29. The minimum Gasteiger partial charge on any atom is -0.481 e. The van der Waals surface area contributed by atoms with Crippen molar-refractivity contribution in [3.05, 3.63) is 18.0 Å². The van der Waals surface area contributed by atoms with Gasteiger partial charge >= 0.3 is 5.97 Å². The van der Waals surface area contributed by atoms with Gasteiger partial charge in [0, 0.05) is 26.2 Å². The summed E-state index contributed by atoms with van der Waals surface area (Å²) >= 11 is 0. The topological polar surface area (TPSA) is 118 Å². The molecule has 3 N–H and O–H groups in total. The van der Waals surface area contributed by atoms with Crippen LogP contribution in [0, 0.1) is 5.92 Å². The first-order valence-electron chi connectivity index (χ1n) is 6.27. The van der Waals surface area contributed by atoms with Gasteiger partial charge in [-0.05, 0) is 19.0 Å². The highest BCUT2D eigenvalue weighted by molar-refractivity contribution is 7.89. The molecule has 0 aliphatic heterocycles. The largest absolute Gasteiger partial charge is 0.481 e. The maximum atomic E-state index is 12.0. The summed E-state index contributed by atoms with van der Waals surface area (Å²) in [6, 6.07) is 1.27. The molecule has 1 unspecified atom stereocenters. The lowest BCUT2D eigenvalue weighted by Gasteiger charge is -2.10. The number of rotatable bonds is 7. The normalized spacial score (nSPS) is 12.9. The Morgan fingerprint density at radius 3 is 2.57 bits per heavy atom. The Balaban J connectivity index is 2.78. The molecule has 1 amide bonds. The van der Waals surface area contributed by atoms with Gasteiger partial charge in [-0.1, -0.05) is 6.92 Å². The van der Waals surface area contributed by atoms with Crippen LogP contribution >= 0.6 is 0 Å². The van der Waals surface area contributed by atoms with Crippen molar-refractivity contribution in [2.75, 3.05) is 13.6 Å². The van der Waals surface area contributed by atoms with Gasteiger partial charge in [-0.2, -0.15) is 0 Å². The molecular formula is C12H19N3O5S. The fraction of sp³-hybridized carbons (Fsp3) is 0.500. The Morgan fingerprint density at radius 1 is 1.43 bits per heavy atom. The third-order valence-corrected chi connectivity index (χ3v) is 4.31. The van der Waals surface area contributed by atoms with Crippen molar-refractivity contribution in [2.45, 2.75) is 18.2 Å². The van der Waals surface area contributed by atoms with E-state index in [4.69, 9.17) is 5.11 Å². The van der Waals surface area contributed by atoms with E-state index in [1.54, 1.807) is 14.0 Å². The monoisotopic (exact) mass is 317 g/mol. The molecule has 0 bridgehead atoms. The number of carboxylic acid groups (broad SMARTS) is 1. The molecule has 0 fully saturated rings. The summed E-state index contributed by atoms with van der Waals surface area (Å²) in [5.74, 6) is -1.60. The van der Waals surface area contributed by atoms with Gasteiger partial charge in [0.2, 0.25) is 10.0 Å². The zero-order chi connectivity index (χ0) is 16.2. The second-order valence-electron chi connectivity index (χ2n) is 4.79. The summed E-state index contributed by atoms with van der Waals surface area (Å²) < 4.78 is 26.9. The number of nitrogens with zero attached hydrogens (tertiary/aromatic N) is 1. The average Bonchev–Trinajstić information content (AvgIpc) is 2.78. The SMILES string of the molecule is CNS(=O)(=O)c1cc(C(=O)NCC(C)CC(=O)O)n(C)c1. The predicted molar refractivity (Wildman–Crippen MR) is 75.4 cm³/mol. The van der Waals surface area contributed by atoms with Crippen molar-refractivity contribution in [3.8, 4) is 0 Å². The summed E-state index contributed by atoms with van der Waals surface area (Å²) in [5, 5.41) is 11.2. The van der Waals surface area contributed by atoms with Crippen LogP contribution in [-0.4, -0.2) is 43.6 Å². The van der Waals surface area contributed by atoms with Crippen LogP contribution in [0.3, 0.4) is 0 Å². The molecule has 0 radical (unpaired) electrons. The Kier molecular flexibility index (Phi) is 5.50. The first kappa shape index (κ1) is 17.2. The number of amides is 1. The van der Waals surface area contributed by atoms with Crippen LogP contribution in [0.15, 0.2) is 17.2 Å². The summed E-state index contributed by atoms with van der Waals surface area (Å²) in [4.78, 5) is 22.5. The molecule has 1 aromatic heterocycles. The van der Waals surface area contributed by atoms with E-state index in [9.17, 15) is 18.0 Å². The molecule has 21 heavy (non-hydrogen) atoms. The van der Waals surface area contributed by atoms with Crippen LogP contribution < -0.4 is 10.0 Å². The summed E-state index contributed by atoms with van der Waals surface area (Å²) in [5.41, 5.74) is 0.186. The molecule has 1 atom stereocenters. The zero-order valence-electron chi connectivity index (χ0n) is 12.1. The van der Waals surface area contributed by atoms with Crippen molar-refractivity contribution < 1.29 is 23.1 Å². The first-order chi connectivity index (χ1) is 9.67. The second kappa shape index (κ2) is 6.72. The van der Waals surface area contributed by atoms with E-state index in [-0.39, 0.29) is 29.5 Å². The summed E-state index contributed by atoms with van der Waals surface area (Å²) in [7, 11) is -0.762. The molecule has 1 aromatic rings. The number of hydrogen-bond donors (Lipinski definition) is 3. The lowest BCUT2D eigenvalue weighted by atomic mass is 10.1. The minimum atomic E-state index is -3.61. The Labute approximate surface area is 123 Å². The second-order valence-corrected chi connectivity index (χ2v) is 6.68. The Bertz CT molecular complexity index is 635. The van der Waals surface area contributed by atoms with E-state index >= 15 is 0 Å². The molecule has 0 saturated carbocycles. The van der Waals surface area contributed by atoms with E-state index in [1.165, 1.54) is 23.9 Å². The number of carbonyl (C=O) groups excluding carboxylic acids is 1. The van der Waals surface area contributed by atoms with Crippen LogP contribution in [0.25, 0.3) is 0 Å². The average molecular weight is 317 g/mol. The maximum absolute atomic E-state index is 12.0. The minimum absolute atomic E-state index is 0.00349. The van der Waals surface area contributed by atoms with E-state index < -0.39 is 21.9 Å². The van der Waals surface area contributed by atoms with E-state index in [0.717, 1.165) is 0 Å². The number of aliphatic carboxylic acids is 1. The van der Waals surface area contributed by atoms with Crippen molar-refractivity contribution in [1.82, 2.24) is 14.6 Å². The van der Waals surface area contributed by atoms with Gasteiger partial charge in [-0.25, -0.2) is 13.1 Å². The van der Waals surface area contributed by atoms with Gasteiger partial charge in [0.1, 0.15) is 10.6 Å². The lowest BCUT2D eigenvalue weighted by molar-refractivity contribution is -0.137. The molecule has 0 aliphatic rings. The number of hydrogen-bond acceptors (Lipinski definition) is 4. The van der Waals surface area contributed by atoms with Crippen LogP contribution in [0.2, 0.25) is 0 Å². The van der Waals surface area contributed by atoms with Gasteiger partial charge in [-0.3, -0.25) is 9.59 Å². The van der Waals surface area contributed by atoms with E-state index in [0.29, 0.717) is 0 Å². The van der Waals surface area contributed by atoms with Gasteiger partial charge in [0.05, 0.1) is 0 Å². The molecule has 9 heteroatoms. The van der Waals surface area contributed by atoms with Gasteiger partial charge in [0.15, 0.2) is 0 Å². The smallest absolute Gasteiger partial charge is 0.303 e. The maximum Gasteiger partial charge on any atom is 0.303 e. The molecule has 1 heterocycles. The number of nitrogens with one attached hydrogen (secondary N) is 2. The van der Waals surface area contributed by atoms with Crippen molar-refractivity contribution in [3.63, 3.8) is 0 Å². The van der Waals surface area contributed by atoms with Crippen molar-refractivity contribution >= 4 is 21.9 Å². The summed E-state index contributed by atoms with van der Waals surface area (Å²) in [6.45, 7) is 1.90. The number of aryl methyl sites for hydroxylation is 1. The molecule has 1 rings (SSSR count). The molecule has 0 aliphatic carbocycles. The highest BCUT2D eigenvalue weighted by Gasteiger charge is 2.19. The lowest BCUT2D eigenvalue weighted by Crippen LogP contribution is -2.30. The van der Waals surface area contributed by atoms with Crippen LogP contribution in [0.4, 0.5) is 0 Å². The quantitative estimate of drug-likeness (QED) is 0.642. The fourth-order valence-electron chi connectivity index (χ4n) is 1.75.